The highest BCUT2D eigenvalue weighted by atomic mass is 32.2. The van der Waals surface area contributed by atoms with Crippen LogP contribution in [0.4, 0.5) is 0 Å². The van der Waals surface area contributed by atoms with Gasteiger partial charge in [0.2, 0.25) is 11.7 Å². The van der Waals surface area contributed by atoms with Crippen molar-refractivity contribution in [3.63, 3.8) is 0 Å². The molecule has 2 unspecified atom stereocenters. The third-order valence-electron chi connectivity index (χ3n) is 4.26. The largest absolute Gasteiger partial charge is 0.373 e. The third-order valence-corrected chi connectivity index (χ3v) is 5.32. The molecule has 0 spiro atoms. The van der Waals surface area contributed by atoms with Crippen LogP contribution in [0.15, 0.2) is 4.52 Å². The van der Waals surface area contributed by atoms with Crippen LogP contribution in [0.3, 0.4) is 0 Å². The molecule has 2 atom stereocenters. The standard InChI is InChI=1S/C14H20N2O3S/c1-18-12(9-5-3-2-4-6-9)13-15-14(19-16-13)10-7-20-8-11(10)17/h9-10,12H,2-8H2,1H3. The quantitative estimate of drug-likeness (QED) is 0.851. The van der Waals surface area contributed by atoms with Crippen molar-refractivity contribution in [1.82, 2.24) is 10.1 Å². The molecule has 1 aliphatic carbocycles. The molecule has 2 aliphatic rings. The molecule has 0 N–H and O–H groups in total. The normalized spacial score (nSPS) is 26.1. The number of hydrogen-bond donors (Lipinski definition) is 0. The van der Waals surface area contributed by atoms with Gasteiger partial charge in [0, 0.05) is 12.9 Å². The zero-order valence-electron chi connectivity index (χ0n) is 11.7. The van der Waals surface area contributed by atoms with Crippen molar-refractivity contribution in [3.8, 4) is 0 Å². The van der Waals surface area contributed by atoms with Gasteiger partial charge in [-0.3, -0.25) is 4.79 Å². The van der Waals surface area contributed by atoms with E-state index >= 15 is 0 Å². The minimum absolute atomic E-state index is 0.100. The molecule has 0 bridgehead atoms. The van der Waals surface area contributed by atoms with E-state index in [9.17, 15) is 4.79 Å². The second kappa shape index (κ2) is 6.26. The number of thioether (sulfide) groups is 1. The average molecular weight is 296 g/mol. The maximum atomic E-state index is 11.7. The molecular weight excluding hydrogens is 276 g/mol. The fourth-order valence-electron chi connectivity index (χ4n) is 3.13. The predicted octanol–water partition coefficient (Wildman–Crippen LogP) is 2.74. The maximum absolute atomic E-state index is 11.7. The SMILES string of the molecule is COC(c1noc(C2CSCC2=O)n1)C1CCCCC1. The van der Waals surface area contributed by atoms with Gasteiger partial charge < -0.3 is 9.26 Å². The summed E-state index contributed by atoms with van der Waals surface area (Å²) in [6, 6.07) is 0. The Bertz CT molecular complexity index is 471. The second-order valence-electron chi connectivity index (χ2n) is 5.58. The van der Waals surface area contributed by atoms with Gasteiger partial charge in [0.25, 0.3) is 0 Å². The Morgan fingerprint density at radius 3 is 2.80 bits per heavy atom. The molecule has 0 amide bonds. The van der Waals surface area contributed by atoms with Crippen LogP contribution in [-0.4, -0.2) is 34.5 Å². The molecule has 6 heteroatoms. The maximum Gasteiger partial charge on any atom is 0.238 e. The molecular formula is C14H20N2O3S. The van der Waals surface area contributed by atoms with Gasteiger partial charge in [-0.25, -0.2) is 0 Å². The average Bonchev–Trinajstić information content (AvgIpc) is 3.10. The van der Waals surface area contributed by atoms with Crippen LogP contribution in [0.2, 0.25) is 0 Å². The lowest BCUT2D eigenvalue weighted by molar-refractivity contribution is -0.117. The highest BCUT2D eigenvalue weighted by Gasteiger charge is 2.34. The van der Waals surface area contributed by atoms with E-state index in [2.05, 4.69) is 10.1 Å². The smallest absolute Gasteiger partial charge is 0.238 e. The number of methoxy groups -OCH3 is 1. The molecule has 0 radical (unpaired) electrons. The molecule has 20 heavy (non-hydrogen) atoms. The first-order valence-electron chi connectivity index (χ1n) is 7.26. The van der Waals surface area contributed by atoms with Crippen LogP contribution in [-0.2, 0) is 9.53 Å². The molecule has 2 heterocycles. The molecule has 1 saturated heterocycles. The number of ketones is 1. The Morgan fingerprint density at radius 2 is 2.15 bits per heavy atom. The molecule has 1 aliphatic heterocycles. The summed E-state index contributed by atoms with van der Waals surface area (Å²) in [6.45, 7) is 0. The first-order chi connectivity index (χ1) is 9.79. The highest BCUT2D eigenvalue weighted by molar-refractivity contribution is 8.00. The van der Waals surface area contributed by atoms with Crippen molar-refractivity contribution in [2.45, 2.75) is 44.1 Å². The van der Waals surface area contributed by atoms with Gasteiger partial charge in [0.1, 0.15) is 12.0 Å². The van der Waals surface area contributed by atoms with Gasteiger partial charge in [0.15, 0.2) is 5.78 Å². The Hall–Kier alpha value is -0.880. The van der Waals surface area contributed by atoms with Crippen molar-refractivity contribution in [3.05, 3.63) is 11.7 Å². The van der Waals surface area contributed by atoms with E-state index in [0.717, 1.165) is 18.6 Å². The monoisotopic (exact) mass is 296 g/mol. The van der Waals surface area contributed by atoms with Gasteiger partial charge in [-0.05, 0) is 18.8 Å². The summed E-state index contributed by atoms with van der Waals surface area (Å²) in [5.41, 5.74) is 0. The van der Waals surface area contributed by atoms with Crippen molar-refractivity contribution < 1.29 is 14.1 Å². The third kappa shape index (κ3) is 2.76. The highest BCUT2D eigenvalue weighted by Crippen LogP contribution is 2.36. The number of rotatable bonds is 4. The molecule has 5 nitrogen and oxygen atoms in total. The van der Waals surface area contributed by atoms with Crippen LogP contribution in [0.5, 0.6) is 0 Å². The summed E-state index contributed by atoms with van der Waals surface area (Å²) in [4.78, 5) is 16.2. The van der Waals surface area contributed by atoms with Crippen LogP contribution >= 0.6 is 11.8 Å². The molecule has 0 aromatic carbocycles. The van der Waals surface area contributed by atoms with Crippen LogP contribution in [0.1, 0.15) is 55.8 Å². The van der Waals surface area contributed by atoms with E-state index in [1.165, 1.54) is 19.3 Å². The van der Waals surface area contributed by atoms with E-state index < -0.39 is 0 Å². The minimum Gasteiger partial charge on any atom is -0.373 e. The Morgan fingerprint density at radius 1 is 1.35 bits per heavy atom. The molecule has 1 aromatic heterocycles. The molecule has 110 valence electrons. The zero-order chi connectivity index (χ0) is 13.9. The lowest BCUT2D eigenvalue weighted by atomic mass is 9.85. The van der Waals surface area contributed by atoms with Gasteiger partial charge in [0.05, 0.1) is 5.75 Å². The number of hydrogen-bond acceptors (Lipinski definition) is 6. The van der Waals surface area contributed by atoms with E-state index in [0.29, 0.717) is 23.4 Å². The Labute approximate surface area is 122 Å². The van der Waals surface area contributed by atoms with E-state index in [4.69, 9.17) is 9.26 Å². The minimum atomic E-state index is -0.217. The summed E-state index contributed by atoms with van der Waals surface area (Å²) < 4.78 is 10.9. The van der Waals surface area contributed by atoms with E-state index in [-0.39, 0.29) is 17.8 Å². The first-order valence-corrected chi connectivity index (χ1v) is 8.42. The Kier molecular flexibility index (Phi) is 4.41. The predicted molar refractivity (Wildman–Crippen MR) is 75.7 cm³/mol. The van der Waals surface area contributed by atoms with Crippen molar-refractivity contribution in [2.24, 2.45) is 5.92 Å². The summed E-state index contributed by atoms with van der Waals surface area (Å²) in [6.07, 6.45) is 6.00. The second-order valence-corrected chi connectivity index (χ2v) is 6.61. The zero-order valence-corrected chi connectivity index (χ0v) is 12.5. The number of ether oxygens (including phenoxy) is 1. The van der Waals surface area contributed by atoms with E-state index in [1.807, 2.05) is 0 Å². The van der Waals surface area contributed by atoms with Crippen LogP contribution in [0.25, 0.3) is 0 Å². The number of carbonyl (C=O) groups is 1. The summed E-state index contributed by atoms with van der Waals surface area (Å²) in [5.74, 6) is 2.82. The van der Waals surface area contributed by atoms with E-state index in [1.54, 1.807) is 18.9 Å². The van der Waals surface area contributed by atoms with Gasteiger partial charge >= 0.3 is 0 Å². The number of nitrogens with zero attached hydrogens (tertiary/aromatic N) is 2. The Balaban J connectivity index is 1.75. The van der Waals surface area contributed by atoms with Gasteiger partial charge in [-0.2, -0.15) is 16.7 Å². The number of aromatic nitrogens is 2. The molecule has 3 rings (SSSR count). The molecule has 1 aromatic rings. The summed E-state index contributed by atoms with van der Waals surface area (Å²) >= 11 is 1.63. The topological polar surface area (TPSA) is 65.2 Å². The van der Waals surface area contributed by atoms with Crippen molar-refractivity contribution in [1.29, 1.82) is 0 Å². The fourth-order valence-corrected chi connectivity index (χ4v) is 4.21. The van der Waals surface area contributed by atoms with Gasteiger partial charge in [-0.15, -0.1) is 0 Å². The number of carbonyl (C=O) groups excluding carboxylic acids is 1. The number of Topliss-reactive ketones (excluding diaryl/α,β-unsaturated/α-hetero) is 1. The van der Waals surface area contributed by atoms with Gasteiger partial charge in [-0.1, -0.05) is 24.4 Å². The lowest BCUT2D eigenvalue weighted by Crippen LogP contribution is -2.19. The summed E-state index contributed by atoms with van der Waals surface area (Å²) in [5, 5.41) is 4.07. The van der Waals surface area contributed by atoms with Crippen LogP contribution in [0, 0.1) is 5.92 Å². The molecule has 1 saturated carbocycles. The molecule has 2 fully saturated rings. The fraction of sp³-hybridized carbons (Fsp3) is 0.786. The lowest BCUT2D eigenvalue weighted by Gasteiger charge is -2.26. The summed E-state index contributed by atoms with van der Waals surface area (Å²) in [7, 11) is 1.70. The van der Waals surface area contributed by atoms with Crippen molar-refractivity contribution in [2.75, 3.05) is 18.6 Å². The first kappa shape index (κ1) is 14.1. The van der Waals surface area contributed by atoms with Crippen LogP contribution < -0.4 is 0 Å². The van der Waals surface area contributed by atoms with Crippen molar-refractivity contribution >= 4 is 17.5 Å².